The van der Waals surface area contributed by atoms with E-state index in [-0.39, 0.29) is 43.3 Å². The highest BCUT2D eigenvalue weighted by Gasteiger charge is 2.44. The summed E-state index contributed by atoms with van der Waals surface area (Å²) in [6.45, 7) is 2.97. The number of amides is 1. The molecule has 2 aliphatic rings. The third-order valence-electron chi connectivity index (χ3n) is 4.73. The number of rotatable bonds is 8. The fraction of sp³-hybridized carbons (Fsp3) is 0.750. The van der Waals surface area contributed by atoms with Gasteiger partial charge in [-0.15, -0.1) is 0 Å². The fourth-order valence-corrected chi connectivity index (χ4v) is 4.52. The molecule has 0 unspecified atom stereocenters. The van der Waals surface area contributed by atoms with E-state index in [1.807, 2.05) is 24.7 Å². The first-order valence-corrected chi connectivity index (χ1v) is 10.4. The Kier molecular flexibility index (Phi) is 5.45. The van der Waals surface area contributed by atoms with Gasteiger partial charge in [0, 0.05) is 44.9 Å². The van der Waals surface area contributed by atoms with Gasteiger partial charge in [-0.25, -0.2) is 17.7 Å². The Morgan fingerprint density at radius 1 is 1.40 bits per heavy atom. The van der Waals surface area contributed by atoms with Gasteiger partial charge in [0.25, 0.3) is 0 Å². The molecule has 0 aromatic carbocycles. The van der Waals surface area contributed by atoms with Gasteiger partial charge in [0.05, 0.1) is 30.3 Å². The number of sulfonamides is 1. The van der Waals surface area contributed by atoms with Gasteiger partial charge < -0.3 is 14.6 Å². The summed E-state index contributed by atoms with van der Waals surface area (Å²) in [5, 5.41) is 3.01. The molecular formula is C16H26N4O4S. The van der Waals surface area contributed by atoms with Crippen LogP contribution in [0.5, 0.6) is 0 Å². The van der Waals surface area contributed by atoms with Gasteiger partial charge in [-0.3, -0.25) is 4.79 Å². The maximum absolute atomic E-state index is 12.6. The van der Waals surface area contributed by atoms with Crippen LogP contribution in [-0.2, 0) is 26.6 Å². The van der Waals surface area contributed by atoms with Gasteiger partial charge in [0.15, 0.2) is 0 Å². The lowest BCUT2D eigenvalue weighted by atomic mass is 9.92. The number of hydrogen-bond acceptors (Lipinski definition) is 5. The zero-order valence-corrected chi connectivity index (χ0v) is 15.5. The van der Waals surface area contributed by atoms with Crippen molar-refractivity contribution in [1.29, 1.82) is 0 Å². The third-order valence-corrected chi connectivity index (χ3v) is 6.50. The standard InChI is InChI=1S/C16H26N4O4S/c1-3-24-6-7-25(22,23)20-8-13(15-10-19(2)11-17-15)14(9-20)16(21)18-12-4-5-12/h10-14H,3-9H2,1-2H3,(H,18,21)/t13-,14-/m1/s1. The van der Waals surface area contributed by atoms with Crippen LogP contribution in [0.25, 0.3) is 0 Å². The molecule has 1 saturated heterocycles. The topological polar surface area (TPSA) is 93.5 Å². The summed E-state index contributed by atoms with van der Waals surface area (Å²) in [7, 11) is -1.59. The van der Waals surface area contributed by atoms with E-state index in [2.05, 4.69) is 10.3 Å². The Balaban J connectivity index is 1.75. The van der Waals surface area contributed by atoms with Crippen LogP contribution < -0.4 is 5.32 Å². The van der Waals surface area contributed by atoms with Gasteiger partial charge in [0.1, 0.15) is 0 Å². The molecule has 2 atom stereocenters. The zero-order chi connectivity index (χ0) is 18.0. The first-order chi connectivity index (χ1) is 11.9. The van der Waals surface area contributed by atoms with Crippen molar-refractivity contribution in [2.75, 3.05) is 32.1 Å². The number of ether oxygens (including phenoxy) is 1. The van der Waals surface area contributed by atoms with E-state index in [1.54, 1.807) is 6.33 Å². The molecule has 1 aliphatic carbocycles. The summed E-state index contributed by atoms with van der Waals surface area (Å²) in [6, 6.07) is 0.250. The molecule has 25 heavy (non-hydrogen) atoms. The molecule has 1 aromatic rings. The van der Waals surface area contributed by atoms with Crippen LogP contribution in [-0.4, -0.2) is 66.3 Å². The first-order valence-electron chi connectivity index (χ1n) is 8.74. The molecule has 1 amide bonds. The molecule has 1 saturated carbocycles. The molecule has 1 aromatic heterocycles. The lowest BCUT2D eigenvalue weighted by molar-refractivity contribution is -0.125. The highest BCUT2D eigenvalue weighted by molar-refractivity contribution is 7.89. The Hall–Kier alpha value is -1.45. The van der Waals surface area contributed by atoms with Crippen LogP contribution in [0.4, 0.5) is 0 Å². The molecular weight excluding hydrogens is 344 g/mol. The van der Waals surface area contributed by atoms with Crippen molar-refractivity contribution in [1.82, 2.24) is 19.2 Å². The molecule has 0 spiro atoms. The summed E-state index contributed by atoms with van der Waals surface area (Å²) in [5.74, 6) is -0.757. The van der Waals surface area contributed by atoms with Crippen molar-refractivity contribution >= 4 is 15.9 Å². The van der Waals surface area contributed by atoms with Crippen LogP contribution in [0.1, 0.15) is 31.4 Å². The maximum atomic E-state index is 12.6. The lowest BCUT2D eigenvalue weighted by Crippen LogP contribution is -2.37. The monoisotopic (exact) mass is 370 g/mol. The van der Waals surface area contributed by atoms with Crippen LogP contribution in [0.15, 0.2) is 12.5 Å². The molecule has 1 N–H and O–H groups in total. The second-order valence-electron chi connectivity index (χ2n) is 6.79. The number of hydrogen-bond donors (Lipinski definition) is 1. The average Bonchev–Trinajstić information content (AvgIpc) is 3.09. The summed E-state index contributed by atoms with van der Waals surface area (Å²) in [6.07, 6.45) is 5.54. The van der Waals surface area contributed by atoms with Crippen LogP contribution in [0.2, 0.25) is 0 Å². The molecule has 140 valence electrons. The molecule has 9 heteroatoms. The molecule has 2 heterocycles. The van der Waals surface area contributed by atoms with E-state index in [0.29, 0.717) is 6.61 Å². The highest BCUT2D eigenvalue weighted by Crippen LogP contribution is 2.34. The third kappa shape index (κ3) is 4.39. The number of nitrogens with zero attached hydrogens (tertiary/aromatic N) is 3. The van der Waals surface area contributed by atoms with Gasteiger partial charge in [-0.1, -0.05) is 0 Å². The lowest BCUT2D eigenvalue weighted by Gasteiger charge is -2.16. The largest absolute Gasteiger partial charge is 0.381 e. The Morgan fingerprint density at radius 2 is 2.16 bits per heavy atom. The summed E-state index contributed by atoms with van der Waals surface area (Å²) in [4.78, 5) is 17.0. The smallest absolute Gasteiger partial charge is 0.225 e. The number of aryl methyl sites for hydroxylation is 1. The SMILES string of the molecule is CCOCCS(=O)(=O)N1C[C@@H](C(=O)NC2CC2)[C@H](c2cn(C)cn2)C1. The zero-order valence-electron chi connectivity index (χ0n) is 14.7. The van der Waals surface area contributed by atoms with Crippen molar-refractivity contribution in [3.8, 4) is 0 Å². The van der Waals surface area contributed by atoms with E-state index < -0.39 is 15.9 Å². The van der Waals surface area contributed by atoms with Gasteiger partial charge in [-0.2, -0.15) is 0 Å². The number of carbonyl (C=O) groups excluding carboxylic acids is 1. The van der Waals surface area contributed by atoms with Crippen LogP contribution in [0, 0.1) is 5.92 Å². The average molecular weight is 370 g/mol. The van der Waals surface area contributed by atoms with Crippen LogP contribution in [0.3, 0.4) is 0 Å². The van der Waals surface area contributed by atoms with E-state index >= 15 is 0 Å². The van der Waals surface area contributed by atoms with Crippen molar-refractivity contribution in [3.63, 3.8) is 0 Å². The predicted molar refractivity (Wildman–Crippen MR) is 92.5 cm³/mol. The minimum absolute atomic E-state index is 0.0628. The number of carbonyl (C=O) groups is 1. The summed E-state index contributed by atoms with van der Waals surface area (Å²) >= 11 is 0. The van der Waals surface area contributed by atoms with Gasteiger partial charge >= 0.3 is 0 Å². The Bertz CT molecular complexity index is 713. The van der Waals surface area contributed by atoms with Crippen molar-refractivity contribution in [2.24, 2.45) is 13.0 Å². The molecule has 0 bridgehead atoms. The second kappa shape index (κ2) is 7.43. The molecule has 2 fully saturated rings. The number of nitrogens with one attached hydrogen (secondary N) is 1. The van der Waals surface area contributed by atoms with E-state index in [4.69, 9.17) is 4.74 Å². The van der Waals surface area contributed by atoms with E-state index in [0.717, 1.165) is 18.5 Å². The van der Waals surface area contributed by atoms with Gasteiger partial charge in [0.2, 0.25) is 15.9 Å². The molecule has 3 rings (SSSR count). The number of aromatic nitrogens is 2. The van der Waals surface area contributed by atoms with Crippen LogP contribution >= 0.6 is 0 Å². The first kappa shape index (κ1) is 18.3. The van der Waals surface area contributed by atoms with Crippen molar-refractivity contribution in [2.45, 2.75) is 31.7 Å². The Morgan fingerprint density at radius 3 is 2.76 bits per heavy atom. The minimum atomic E-state index is -3.45. The molecule has 1 aliphatic heterocycles. The van der Waals surface area contributed by atoms with Crippen molar-refractivity contribution < 1.29 is 17.9 Å². The molecule has 8 nitrogen and oxygen atoms in total. The van der Waals surface area contributed by atoms with Crippen molar-refractivity contribution in [3.05, 3.63) is 18.2 Å². The second-order valence-corrected chi connectivity index (χ2v) is 8.88. The fourth-order valence-electron chi connectivity index (χ4n) is 3.16. The molecule has 0 radical (unpaired) electrons. The normalized spacial score (nSPS) is 24.6. The van der Waals surface area contributed by atoms with Gasteiger partial charge in [-0.05, 0) is 19.8 Å². The summed E-state index contributed by atoms with van der Waals surface area (Å²) < 4.78 is 33.6. The number of imidazole rings is 1. The minimum Gasteiger partial charge on any atom is -0.381 e. The Labute approximate surface area is 148 Å². The quantitative estimate of drug-likeness (QED) is 0.654. The maximum Gasteiger partial charge on any atom is 0.225 e. The highest BCUT2D eigenvalue weighted by atomic mass is 32.2. The van der Waals surface area contributed by atoms with E-state index in [9.17, 15) is 13.2 Å². The van der Waals surface area contributed by atoms with E-state index in [1.165, 1.54) is 4.31 Å². The summed E-state index contributed by atoms with van der Waals surface area (Å²) in [5.41, 5.74) is 0.765. The predicted octanol–water partition coefficient (Wildman–Crippen LogP) is 0.0804.